The van der Waals surface area contributed by atoms with E-state index in [2.05, 4.69) is 0 Å². The molecule has 0 amide bonds. The number of nitrogens with two attached hydrogens (primary N) is 1. The molecule has 4 N–H and O–H groups in total. The van der Waals surface area contributed by atoms with E-state index in [0.717, 1.165) is 12.1 Å². The third-order valence-corrected chi connectivity index (χ3v) is 3.40. The molecule has 0 aliphatic heterocycles. The van der Waals surface area contributed by atoms with Gasteiger partial charge in [-0.25, -0.2) is 0 Å². The maximum Gasteiger partial charge on any atom is 0.310 e. The molecule has 0 bridgehead atoms. The van der Waals surface area contributed by atoms with Crippen molar-refractivity contribution < 1.29 is 29.6 Å². The van der Waals surface area contributed by atoms with Crippen LogP contribution in [0.3, 0.4) is 0 Å². The fourth-order valence-corrected chi connectivity index (χ4v) is 1.98. The van der Waals surface area contributed by atoms with Gasteiger partial charge < -0.3 is 15.9 Å². The highest BCUT2D eigenvalue weighted by Gasteiger charge is 2.65. The first-order chi connectivity index (χ1) is 7.85. The van der Waals surface area contributed by atoms with Gasteiger partial charge in [-0.2, -0.15) is 0 Å². The zero-order valence-corrected chi connectivity index (χ0v) is 9.76. The molecule has 2 atom stereocenters. The lowest BCUT2D eigenvalue weighted by Gasteiger charge is -2.40. The minimum atomic E-state index is -9.79. The maximum atomic E-state index is 12.5. The Morgan fingerprint density at radius 1 is 1.11 bits per heavy atom. The number of aliphatic hydroxyl groups is 2. The third-order valence-electron chi connectivity index (χ3n) is 2.25. The average molecular weight is 293 g/mol. The van der Waals surface area contributed by atoms with Crippen LogP contribution in [0.4, 0.5) is 19.4 Å². The first-order valence-corrected chi connectivity index (χ1v) is 6.70. The van der Waals surface area contributed by atoms with Crippen molar-refractivity contribution in [3.05, 3.63) is 29.8 Å². The Balaban J connectivity index is 3.25. The molecule has 18 heavy (non-hydrogen) atoms. The lowest BCUT2D eigenvalue weighted by atomic mass is 10.0. The summed E-state index contributed by atoms with van der Waals surface area (Å²) in [5, 5.41) is 18.6. The summed E-state index contributed by atoms with van der Waals surface area (Å²) in [6, 6.07) is 2.06. The molecule has 1 aromatic rings. The second kappa shape index (κ2) is 3.80. The lowest BCUT2D eigenvalue weighted by Crippen LogP contribution is -2.27. The summed E-state index contributed by atoms with van der Waals surface area (Å²) >= 11 is 0. The van der Waals surface area contributed by atoms with Crippen molar-refractivity contribution in [2.45, 2.75) is 17.1 Å². The van der Waals surface area contributed by atoms with Gasteiger partial charge in [0.2, 0.25) is 0 Å². The Labute approximate surface area is 99.8 Å². The van der Waals surface area contributed by atoms with E-state index < -0.39 is 39.4 Å². The number of rotatable bonds is 4. The van der Waals surface area contributed by atoms with Crippen LogP contribution in [0.2, 0.25) is 0 Å². The van der Waals surface area contributed by atoms with Crippen LogP contribution in [0, 0.1) is 0 Å². The average Bonchev–Trinajstić information content (AvgIpc) is 2.24. The Bertz CT molecular complexity index is 449. The van der Waals surface area contributed by atoms with E-state index in [9.17, 15) is 24.5 Å². The van der Waals surface area contributed by atoms with Crippen LogP contribution < -0.4 is 5.73 Å². The van der Waals surface area contributed by atoms with E-state index in [1.165, 1.54) is 0 Å². The van der Waals surface area contributed by atoms with Crippen molar-refractivity contribution >= 4 is 10.2 Å². The highest BCUT2D eigenvalue weighted by atomic mass is 32.5. The van der Waals surface area contributed by atoms with Crippen LogP contribution in [-0.4, -0.2) is 22.9 Å². The zero-order chi connectivity index (χ0) is 14.3. The summed E-state index contributed by atoms with van der Waals surface area (Å²) in [5.41, 5.74) is 4.54. The normalized spacial score (nSPS) is 19.8. The van der Waals surface area contributed by atoms with Crippen molar-refractivity contribution in [2.24, 2.45) is 5.73 Å². The van der Waals surface area contributed by atoms with Gasteiger partial charge in [0.1, 0.15) is 11.0 Å². The topological polar surface area (TPSA) is 66.5 Å². The molecule has 9 heteroatoms. The molecule has 1 aromatic carbocycles. The number of halogens is 5. The number of hydrogen-bond donors (Lipinski definition) is 3. The van der Waals surface area contributed by atoms with Gasteiger partial charge in [-0.1, -0.05) is 31.6 Å². The zero-order valence-electron chi connectivity index (χ0n) is 8.94. The molecule has 0 heterocycles. The number of aliphatic hydroxyl groups excluding tert-OH is 2. The largest absolute Gasteiger partial charge is 0.389 e. The predicted molar refractivity (Wildman–Crippen MR) is 57.9 cm³/mol. The molecule has 0 saturated heterocycles. The summed E-state index contributed by atoms with van der Waals surface area (Å²) in [5.74, 6) is 0. The summed E-state index contributed by atoms with van der Waals surface area (Å²) in [7, 11) is -9.79. The molecule has 1 rings (SSSR count). The van der Waals surface area contributed by atoms with Crippen molar-refractivity contribution in [3.8, 4) is 0 Å². The molecule has 0 saturated carbocycles. The second-order valence-electron chi connectivity index (χ2n) is 3.79. The number of hydrogen-bond acceptors (Lipinski definition) is 3. The number of benzene rings is 1. The molecule has 106 valence electrons. The lowest BCUT2D eigenvalue weighted by molar-refractivity contribution is 0.0242. The van der Waals surface area contributed by atoms with Gasteiger partial charge in [-0.15, -0.1) is 0 Å². The van der Waals surface area contributed by atoms with Crippen LogP contribution >= 0.6 is 10.2 Å². The van der Waals surface area contributed by atoms with Crippen LogP contribution in [-0.2, 0) is 0 Å². The molecule has 0 aromatic heterocycles. The molecular formula is C9H12F5NO2S. The van der Waals surface area contributed by atoms with E-state index >= 15 is 0 Å². The van der Waals surface area contributed by atoms with Gasteiger partial charge in [0, 0.05) is 6.54 Å². The van der Waals surface area contributed by atoms with Crippen molar-refractivity contribution in [3.63, 3.8) is 0 Å². The van der Waals surface area contributed by atoms with E-state index in [4.69, 9.17) is 10.8 Å². The standard InChI is InChI=1S/C9H12F5NO2S/c10-18(11,12,13,14)7-3-1-2-6(4-7)9(17)8(16)5-15/h1-4,8-9,16-17H,5,15H2. The summed E-state index contributed by atoms with van der Waals surface area (Å²) in [6.07, 6.45) is -3.28. The van der Waals surface area contributed by atoms with Crippen LogP contribution in [0.15, 0.2) is 29.2 Å². The van der Waals surface area contributed by atoms with Crippen LogP contribution in [0.25, 0.3) is 0 Å². The highest BCUT2D eigenvalue weighted by molar-refractivity contribution is 8.45. The highest BCUT2D eigenvalue weighted by Crippen LogP contribution is 3.02. The third kappa shape index (κ3) is 3.55. The van der Waals surface area contributed by atoms with Gasteiger partial charge in [-0.05, 0) is 17.7 Å². The Morgan fingerprint density at radius 3 is 2.11 bits per heavy atom. The first-order valence-electron chi connectivity index (χ1n) is 4.75. The minimum Gasteiger partial charge on any atom is -0.389 e. The second-order valence-corrected chi connectivity index (χ2v) is 6.20. The van der Waals surface area contributed by atoms with E-state index in [1.807, 2.05) is 0 Å². The summed E-state index contributed by atoms with van der Waals surface area (Å²) in [6.45, 7) is -0.415. The molecular weight excluding hydrogens is 281 g/mol. The first kappa shape index (κ1) is 15.2. The van der Waals surface area contributed by atoms with Crippen LogP contribution in [0.5, 0.6) is 0 Å². The van der Waals surface area contributed by atoms with E-state index in [-0.39, 0.29) is 12.1 Å². The maximum absolute atomic E-state index is 12.5. The quantitative estimate of drug-likeness (QED) is 0.748. The van der Waals surface area contributed by atoms with Gasteiger partial charge >= 0.3 is 10.2 Å². The summed E-state index contributed by atoms with van der Waals surface area (Å²) < 4.78 is 62.5. The molecule has 0 aliphatic carbocycles. The monoisotopic (exact) mass is 293 g/mol. The fourth-order valence-electron chi connectivity index (χ4n) is 1.29. The molecule has 0 aliphatic rings. The van der Waals surface area contributed by atoms with E-state index in [0.29, 0.717) is 0 Å². The van der Waals surface area contributed by atoms with Crippen molar-refractivity contribution in [2.75, 3.05) is 6.54 Å². The molecule has 0 spiro atoms. The summed E-state index contributed by atoms with van der Waals surface area (Å²) in [4.78, 5) is -2.12. The Hall–Kier alpha value is -0.900. The Kier molecular flexibility index (Phi) is 3.20. The molecule has 0 radical (unpaired) electrons. The SMILES string of the molecule is NCC(O)C(O)c1cccc(S(F)(F)(F)(F)F)c1. The predicted octanol–water partition coefficient (Wildman–Crippen LogP) is 2.70. The van der Waals surface area contributed by atoms with Crippen LogP contribution in [0.1, 0.15) is 11.7 Å². The molecule has 0 fully saturated rings. The molecule has 3 nitrogen and oxygen atoms in total. The molecule has 2 unspecified atom stereocenters. The van der Waals surface area contributed by atoms with Gasteiger partial charge in [-0.3, -0.25) is 0 Å². The smallest absolute Gasteiger partial charge is 0.310 e. The van der Waals surface area contributed by atoms with Crippen molar-refractivity contribution in [1.82, 2.24) is 0 Å². The Morgan fingerprint density at radius 2 is 1.67 bits per heavy atom. The fraction of sp³-hybridized carbons (Fsp3) is 0.333. The van der Waals surface area contributed by atoms with Gasteiger partial charge in [0.05, 0.1) is 6.10 Å². The van der Waals surface area contributed by atoms with E-state index in [1.54, 1.807) is 0 Å². The van der Waals surface area contributed by atoms with Gasteiger partial charge in [0.15, 0.2) is 0 Å². The minimum absolute atomic E-state index is 0.116. The van der Waals surface area contributed by atoms with Crippen molar-refractivity contribution in [1.29, 1.82) is 0 Å². The van der Waals surface area contributed by atoms with Gasteiger partial charge in [0.25, 0.3) is 0 Å².